The quantitative estimate of drug-likeness (QED) is 0.867. The highest BCUT2D eigenvalue weighted by molar-refractivity contribution is 7.89. The molecule has 2 N–H and O–H groups in total. The first kappa shape index (κ1) is 17.4. The molecule has 0 spiro atoms. The van der Waals surface area contributed by atoms with Gasteiger partial charge in [0.25, 0.3) is 0 Å². The van der Waals surface area contributed by atoms with E-state index in [2.05, 4.69) is 5.32 Å². The van der Waals surface area contributed by atoms with E-state index in [9.17, 15) is 13.5 Å². The summed E-state index contributed by atoms with van der Waals surface area (Å²) in [7, 11) is -0.361. The van der Waals surface area contributed by atoms with E-state index >= 15 is 0 Å². The fourth-order valence-corrected chi connectivity index (χ4v) is 3.84. The Balaban J connectivity index is 2.15. The van der Waals surface area contributed by atoms with Crippen molar-refractivity contribution in [2.75, 3.05) is 14.1 Å². The van der Waals surface area contributed by atoms with E-state index in [0.717, 1.165) is 31.2 Å². The number of hydrogen-bond donors (Lipinski definition) is 2. The number of sulfonamides is 1. The third-order valence-electron chi connectivity index (χ3n) is 4.33. The maximum absolute atomic E-state index is 12.2. The van der Waals surface area contributed by atoms with Gasteiger partial charge in [0.1, 0.15) is 0 Å². The zero-order valence-corrected chi connectivity index (χ0v) is 14.3. The summed E-state index contributed by atoms with van der Waals surface area (Å²) in [5.74, 6) is 0. The van der Waals surface area contributed by atoms with Gasteiger partial charge >= 0.3 is 0 Å². The van der Waals surface area contributed by atoms with E-state index in [-0.39, 0.29) is 18.2 Å². The van der Waals surface area contributed by atoms with Crippen molar-refractivity contribution in [3.05, 3.63) is 29.8 Å². The molecule has 1 aromatic carbocycles. The van der Waals surface area contributed by atoms with Gasteiger partial charge in [-0.2, -0.15) is 0 Å². The molecule has 3 unspecified atom stereocenters. The molecule has 1 fully saturated rings. The molecular weight excluding hydrogens is 300 g/mol. The molecule has 1 aromatic rings. The van der Waals surface area contributed by atoms with E-state index in [1.165, 1.54) is 18.4 Å². The van der Waals surface area contributed by atoms with Gasteiger partial charge in [-0.15, -0.1) is 0 Å². The van der Waals surface area contributed by atoms with Gasteiger partial charge < -0.3 is 10.4 Å². The van der Waals surface area contributed by atoms with Gasteiger partial charge in [-0.1, -0.05) is 25.0 Å². The second-order valence-corrected chi connectivity index (χ2v) is 8.36. The van der Waals surface area contributed by atoms with Crippen LogP contribution in [0.1, 0.15) is 44.2 Å². The number of aliphatic hydroxyl groups is 1. The molecule has 1 aliphatic rings. The summed E-state index contributed by atoms with van der Waals surface area (Å²) in [6.07, 6.45) is 3.67. The van der Waals surface area contributed by atoms with Crippen molar-refractivity contribution in [3.63, 3.8) is 0 Å². The molecule has 22 heavy (non-hydrogen) atoms. The van der Waals surface area contributed by atoms with Crippen LogP contribution in [-0.2, 0) is 10.0 Å². The van der Waals surface area contributed by atoms with Crippen LogP contribution in [0.15, 0.2) is 29.2 Å². The molecule has 3 atom stereocenters. The van der Waals surface area contributed by atoms with E-state index < -0.39 is 10.0 Å². The predicted molar refractivity (Wildman–Crippen MR) is 87.1 cm³/mol. The number of aliphatic hydroxyl groups excluding tert-OH is 1. The van der Waals surface area contributed by atoms with E-state index in [1.54, 1.807) is 18.2 Å². The minimum atomic E-state index is -3.42. The molecule has 0 heterocycles. The molecule has 0 amide bonds. The Bertz CT molecular complexity index is 601. The van der Waals surface area contributed by atoms with Gasteiger partial charge in [0.2, 0.25) is 10.0 Å². The predicted octanol–water partition coefficient (Wildman–Crippen LogP) is 1.89. The Morgan fingerprint density at radius 1 is 1.27 bits per heavy atom. The lowest BCUT2D eigenvalue weighted by Gasteiger charge is -2.31. The fraction of sp³-hybridized carbons (Fsp3) is 0.625. The summed E-state index contributed by atoms with van der Waals surface area (Å²) in [5, 5.41) is 13.5. The van der Waals surface area contributed by atoms with Crippen molar-refractivity contribution in [3.8, 4) is 0 Å². The standard InChI is InChI=1S/C16H26N2O3S/c1-12(17-15-9-4-5-10-16(15)19)13-7-6-8-14(11-13)22(20,21)18(2)3/h6-8,11-12,15-17,19H,4-5,9-10H2,1-3H3. The number of nitrogens with zero attached hydrogens (tertiary/aromatic N) is 1. The summed E-state index contributed by atoms with van der Waals surface area (Å²) in [4.78, 5) is 0.299. The van der Waals surface area contributed by atoms with Gasteiger partial charge in [0, 0.05) is 26.2 Å². The van der Waals surface area contributed by atoms with Gasteiger partial charge in [-0.25, -0.2) is 12.7 Å². The van der Waals surface area contributed by atoms with Crippen LogP contribution in [0.5, 0.6) is 0 Å². The zero-order chi connectivity index (χ0) is 16.3. The normalized spacial score (nSPS) is 24.4. The maximum atomic E-state index is 12.2. The molecule has 1 saturated carbocycles. The van der Waals surface area contributed by atoms with Crippen molar-refractivity contribution in [1.82, 2.24) is 9.62 Å². The van der Waals surface area contributed by atoms with E-state index in [4.69, 9.17) is 0 Å². The topological polar surface area (TPSA) is 69.6 Å². The van der Waals surface area contributed by atoms with Crippen LogP contribution in [0.25, 0.3) is 0 Å². The average Bonchev–Trinajstić information content (AvgIpc) is 2.49. The summed E-state index contributed by atoms with van der Waals surface area (Å²) >= 11 is 0. The first-order chi connectivity index (χ1) is 10.3. The van der Waals surface area contributed by atoms with Crippen LogP contribution in [0.4, 0.5) is 0 Å². The Labute approximate surface area is 133 Å². The summed E-state index contributed by atoms with van der Waals surface area (Å²) in [6, 6.07) is 7.08. The minimum absolute atomic E-state index is 0.00457. The Morgan fingerprint density at radius 3 is 2.59 bits per heavy atom. The second-order valence-electron chi connectivity index (χ2n) is 6.21. The molecule has 5 nitrogen and oxygen atoms in total. The maximum Gasteiger partial charge on any atom is 0.242 e. The van der Waals surface area contributed by atoms with Crippen molar-refractivity contribution in [1.29, 1.82) is 0 Å². The lowest BCUT2D eigenvalue weighted by Crippen LogP contribution is -2.43. The van der Waals surface area contributed by atoms with Gasteiger partial charge in [0.05, 0.1) is 11.0 Å². The SMILES string of the molecule is CC(NC1CCCCC1O)c1cccc(S(=O)(=O)N(C)C)c1. The number of rotatable bonds is 5. The molecule has 0 aromatic heterocycles. The summed E-state index contributed by atoms with van der Waals surface area (Å²) < 4.78 is 25.6. The van der Waals surface area contributed by atoms with Gasteiger partial charge in [0.15, 0.2) is 0 Å². The minimum Gasteiger partial charge on any atom is -0.392 e. The van der Waals surface area contributed by atoms with Crippen molar-refractivity contribution in [2.45, 2.75) is 55.7 Å². The average molecular weight is 326 g/mol. The molecule has 0 radical (unpaired) electrons. The summed E-state index contributed by atoms with van der Waals surface area (Å²) in [5.41, 5.74) is 0.917. The lowest BCUT2D eigenvalue weighted by atomic mass is 9.91. The molecule has 0 aliphatic heterocycles. The number of hydrogen-bond acceptors (Lipinski definition) is 4. The zero-order valence-electron chi connectivity index (χ0n) is 13.5. The van der Waals surface area contributed by atoms with E-state index in [0.29, 0.717) is 4.90 Å². The van der Waals surface area contributed by atoms with E-state index in [1.807, 2.05) is 13.0 Å². The van der Waals surface area contributed by atoms with Crippen LogP contribution < -0.4 is 5.32 Å². The smallest absolute Gasteiger partial charge is 0.242 e. The number of benzene rings is 1. The monoisotopic (exact) mass is 326 g/mol. The highest BCUT2D eigenvalue weighted by atomic mass is 32.2. The Hall–Kier alpha value is -0.950. The van der Waals surface area contributed by atoms with Crippen LogP contribution in [0.2, 0.25) is 0 Å². The van der Waals surface area contributed by atoms with Gasteiger partial charge in [-0.05, 0) is 37.5 Å². The largest absolute Gasteiger partial charge is 0.392 e. The van der Waals surface area contributed by atoms with Crippen molar-refractivity contribution < 1.29 is 13.5 Å². The van der Waals surface area contributed by atoms with Gasteiger partial charge in [-0.3, -0.25) is 0 Å². The Morgan fingerprint density at radius 2 is 1.95 bits per heavy atom. The first-order valence-electron chi connectivity index (χ1n) is 7.79. The van der Waals surface area contributed by atoms with Crippen LogP contribution >= 0.6 is 0 Å². The third-order valence-corrected chi connectivity index (χ3v) is 6.14. The highest BCUT2D eigenvalue weighted by Gasteiger charge is 2.25. The molecule has 2 rings (SSSR count). The van der Waals surface area contributed by atoms with Crippen LogP contribution in [0.3, 0.4) is 0 Å². The first-order valence-corrected chi connectivity index (χ1v) is 9.23. The lowest BCUT2D eigenvalue weighted by molar-refractivity contribution is 0.0859. The van der Waals surface area contributed by atoms with Crippen LogP contribution in [-0.4, -0.2) is 44.1 Å². The molecule has 1 aliphatic carbocycles. The van der Waals surface area contributed by atoms with Crippen molar-refractivity contribution in [2.24, 2.45) is 0 Å². The molecule has 0 bridgehead atoms. The van der Waals surface area contributed by atoms with Crippen molar-refractivity contribution >= 4 is 10.0 Å². The fourth-order valence-electron chi connectivity index (χ4n) is 2.88. The molecule has 6 heteroatoms. The molecule has 0 saturated heterocycles. The van der Waals surface area contributed by atoms with Crippen LogP contribution in [0, 0.1) is 0 Å². The second kappa shape index (κ2) is 7.08. The summed E-state index contributed by atoms with van der Waals surface area (Å²) in [6.45, 7) is 2.00. The third kappa shape index (κ3) is 3.87. The highest BCUT2D eigenvalue weighted by Crippen LogP contribution is 2.24. The number of nitrogens with one attached hydrogen (secondary N) is 1. The molecule has 124 valence electrons. The Kier molecular flexibility index (Phi) is 5.60. The molecular formula is C16H26N2O3S.